The number of fused-ring (bicyclic) bond motifs is 1. The zero-order valence-corrected chi connectivity index (χ0v) is 11.0. The molecule has 1 aromatic heterocycles. The first-order valence-electron chi connectivity index (χ1n) is 5.77. The molecule has 1 saturated heterocycles. The highest BCUT2D eigenvalue weighted by atomic mass is 79.9. The van der Waals surface area contributed by atoms with Gasteiger partial charge in [-0.25, -0.2) is 4.98 Å². The summed E-state index contributed by atoms with van der Waals surface area (Å²) in [6.45, 7) is 1.66. The monoisotopic (exact) mass is 295 g/mol. The number of rotatable bonds is 2. The van der Waals surface area contributed by atoms with Crippen molar-refractivity contribution >= 4 is 32.9 Å². The molecule has 1 aromatic carbocycles. The van der Waals surface area contributed by atoms with E-state index in [0.717, 1.165) is 41.5 Å². The first-order valence-corrected chi connectivity index (χ1v) is 6.56. The number of anilines is 1. The third kappa shape index (κ3) is 2.05. The molecular formula is C12H14BrN3O. The molecule has 1 aliphatic heterocycles. The van der Waals surface area contributed by atoms with E-state index >= 15 is 0 Å². The van der Waals surface area contributed by atoms with Gasteiger partial charge in [0.2, 0.25) is 5.95 Å². The Bertz CT molecular complexity index is 546. The van der Waals surface area contributed by atoms with Gasteiger partial charge in [-0.05, 0) is 31.0 Å². The van der Waals surface area contributed by atoms with E-state index in [1.54, 1.807) is 0 Å². The van der Waals surface area contributed by atoms with Crippen LogP contribution >= 0.6 is 15.9 Å². The topological polar surface area (TPSA) is 53.1 Å². The predicted octanol–water partition coefficient (Wildman–Crippen LogP) is 2.56. The average molecular weight is 296 g/mol. The molecule has 1 aliphatic rings. The van der Waals surface area contributed by atoms with Gasteiger partial charge in [-0.3, -0.25) is 0 Å². The fourth-order valence-electron chi connectivity index (χ4n) is 2.31. The number of nitrogens with two attached hydrogens (primary N) is 1. The fourth-order valence-corrected chi connectivity index (χ4v) is 2.65. The quantitative estimate of drug-likeness (QED) is 0.926. The van der Waals surface area contributed by atoms with E-state index in [9.17, 15) is 0 Å². The number of halogens is 1. The van der Waals surface area contributed by atoms with Gasteiger partial charge < -0.3 is 15.0 Å². The van der Waals surface area contributed by atoms with Crippen molar-refractivity contribution in [2.24, 2.45) is 0 Å². The van der Waals surface area contributed by atoms with Crippen LogP contribution in [0.25, 0.3) is 11.0 Å². The Morgan fingerprint density at radius 2 is 2.41 bits per heavy atom. The minimum Gasteiger partial charge on any atom is -0.376 e. The first kappa shape index (κ1) is 11.0. The van der Waals surface area contributed by atoms with Crippen LogP contribution in [0.4, 0.5) is 5.95 Å². The van der Waals surface area contributed by atoms with Crippen molar-refractivity contribution in [2.75, 3.05) is 12.3 Å². The van der Waals surface area contributed by atoms with Gasteiger partial charge in [-0.1, -0.05) is 15.9 Å². The van der Waals surface area contributed by atoms with E-state index in [0.29, 0.717) is 5.95 Å². The molecular weight excluding hydrogens is 282 g/mol. The molecule has 2 aromatic rings. The Morgan fingerprint density at radius 1 is 1.53 bits per heavy atom. The molecule has 17 heavy (non-hydrogen) atoms. The molecule has 3 rings (SSSR count). The van der Waals surface area contributed by atoms with Crippen LogP contribution in [0.2, 0.25) is 0 Å². The van der Waals surface area contributed by atoms with Gasteiger partial charge >= 0.3 is 0 Å². The SMILES string of the molecule is Nc1nc2cc(Br)ccc2n1CC1CCCO1. The number of aromatic nitrogens is 2. The highest BCUT2D eigenvalue weighted by Gasteiger charge is 2.18. The van der Waals surface area contributed by atoms with Crippen LogP contribution < -0.4 is 5.73 Å². The minimum absolute atomic E-state index is 0.276. The molecule has 90 valence electrons. The zero-order chi connectivity index (χ0) is 11.8. The molecule has 2 heterocycles. The van der Waals surface area contributed by atoms with Gasteiger partial charge in [0.15, 0.2) is 0 Å². The summed E-state index contributed by atoms with van der Waals surface area (Å²) in [5, 5.41) is 0. The van der Waals surface area contributed by atoms with Crippen LogP contribution in [-0.2, 0) is 11.3 Å². The summed E-state index contributed by atoms with van der Waals surface area (Å²) in [4.78, 5) is 4.37. The van der Waals surface area contributed by atoms with Crippen molar-refractivity contribution in [1.82, 2.24) is 9.55 Å². The minimum atomic E-state index is 0.276. The van der Waals surface area contributed by atoms with Crippen molar-refractivity contribution < 1.29 is 4.74 Å². The number of benzene rings is 1. The molecule has 2 N–H and O–H groups in total. The molecule has 1 atom stereocenters. The van der Waals surface area contributed by atoms with Crippen LogP contribution in [0.3, 0.4) is 0 Å². The van der Waals surface area contributed by atoms with E-state index in [-0.39, 0.29) is 6.10 Å². The van der Waals surface area contributed by atoms with Gasteiger partial charge in [0.1, 0.15) is 0 Å². The number of nitrogens with zero attached hydrogens (tertiary/aromatic N) is 2. The highest BCUT2D eigenvalue weighted by molar-refractivity contribution is 9.10. The van der Waals surface area contributed by atoms with Gasteiger partial charge in [0.25, 0.3) is 0 Å². The molecule has 5 heteroatoms. The summed E-state index contributed by atoms with van der Waals surface area (Å²) in [5.74, 6) is 0.564. The van der Waals surface area contributed by atoms with E-state index in [1.165, 1.54) is 0 Å². The van der Waals surface area contributed by atoms with Gasteiger partial charge in [-0.15, -0.1) is 0 Å². The van der Waals surface area contributed by atoms with Crippen molar-refractivity contribution in [2.45, 2.75) is 25.5 Å². The number of hydrogen-bond acceptors (Lipinski definition) is 3. The standard InChI is InChI=1S/C12H14BrN3O/c13-8-3-4-11-10(6-8)15-12(14)16(11)7-9-2-1-5-17-9/h3-4,6,9H,1-2,5,7H2,(H2,14,15). The Morgan fingerprint density at radius 3 is 3.18 bits per heavy atom. The lowest BCUT2D eigenvalue weighted by atomic mass is 10.2. The summed E-state index contributed by atoms with van der Waals surface area (Å²) in [7, 11) is 0. The second kappa shape index (κ2) is 4.31. The summed E-state index contributed by atoms with van der Waals surface area (Å²) < 4.78 is 8.70. The summed E-state index contributed by atoms with van der Waals surface area (Å²) in [5.41, 5.74) is 7.96. The largest absolute Gasteiger partial charge is 0.376 e. The lowest BCUT2D eigenvalue weighted by Gasteiger charge is -2.12. The second-order valence-electron chi connectivity index (χ2n) is 4.35. The summed E-state index contributed by atoms with van der Waals surface area (Å²) >= 11 is 3.44. The molecule has 1 unspecified atom stereocenters. The lowest BCUT2D eigenvalue weighted by Crippen LogP contribution is -2.16. The van der Waals surface area contributed by atoms with Gasteiger partial charge in [-0.2, -0.15) is 0 Å². The lowest BCUT2D eigenvalue weighted by molar-refractivity contribution is 0.0984. The van der Waals surface area contributed by atoms with E-state index in [1.807, 2.05) is 22.8 Å². The predicted molar refractivity (Wildman–Crippen MR) is 70.8 cm³/mol. The van der Waals surface area contributed by atoms with Crippen LogP contribution in [0.5, 0.6) is 0 Å². The number of imidazole rings is 1. The molecule has 0 spiro atoms. The number of hydrogen-bond donors (Lipinski definition) is 1. The average Bonchev–Trinajstić information content (AvgIpc) is 2.88. The first-order chi connectivity index (χ1) is 8.24. The van der Waals surface area contributed by atoms with E-state index in [2.05, 4.69) is 20.9 Å². The Labute approximate surface area is 108 Å². The summed E-state index contributed by atoms with van der Waals surface area (Å²) in [6, 6.07) is 6.03. The molecule has 1 fully saturated rings. The molecule has 4 nitrogen and oxygen atoms in total. The highest BCUT2D eigenvalue weighted by Crippen LogP contribution is 2.24. The molecule has 0 radical (unpaired) electrons. The van der Waals surface area contributed by atoms with Crippen LogP contribution in [-0.4, -0.2) is 22.3 Å². The maximum absolute atomic E-state index is 5.96. The van der Waals surface area contributed by atoms with Gasteiger partial charge in [0, 0.05) is 11.1 Å². The third-order valence-corrected chi connectivity index (χ3v) is 3.64. The molecule has 0 saturated carbocycles. The van der Waals surface area contributed by atoms with Crippen LogP contribution in [0.15, 0.2) is 22.7 Å². The van der Waals surface area contributed by atoms with Gasteiger partial charge in [0.05, 0.1) is 23.7 Å². The smallest absolute Gasteiger partial charge is 0.201 e. The van der Waals surface area contributed by atoms with Crippen molar-refractivity contribution in [3.8, 4) is 0 Å². The van der Waals surface area contributed by atoms with Crippen molar-refractivity contribution in [1.29, 1.82) is 0 Å². The van der Waals surface area contributed by atoms with Crippen molar-refractivity contribution in [3.63, 3.8) is 0 Å². The Balaban J connectivity index is 1.99. The molecule has 0 amide bonds. The zero-order valence-electron chi connectivity index (χ0n) is 9.40. The van der Waals surface area contributed by atoms with Crippen LogP contribution in [0, 0.1) is 0 Å². The summed E-state index contributed by atoms with van der Waals surface area (Å²) in [6.07, 6.45) is 2.52. The maximum atomic E-state index is 5.96. The van der Waals surface area contributed by atoms with Crippen molar-refractivity contribution in [3.05, 3.63) is 22.7 Å². The maximum Gasteiger partial charge on any atom is 0.201 e. The number of nitrogen functional groups attached to an aromatic ring is 1. The number of ether oxygens (including phenoxy) is 1. The van der Waals surface area contributed by atoms with Crippen LogP contribution in [0.1, 0.15) is 12.8 Å². The normalized spacial score (nSPS) is 20.2. The van der Waals surface area contributed by atoms with E-state index < -0.39 is 0 Å². The molecule has 0 bridgehead atoms. The fraction of sp³-hybridized carbons (Fsp3) is 0.417. The Kier molecular flexibility index (Phi) is 2.80. The second-order valence-corrected chi connectivity index (χ2v) is 5.26. The molecule has 0 aliphatic carbocycles. The third-order valence-electron chi connectivity index (χ3n) is 3.15. The van der Waals surface area contributed by atoms with E-state index in [4.69, 9.17) is 10.5 Å². The Hall–Kier alpha value is -1.07.